The van der Waals surface area contributed by atoms with Crippen molar-refractivity contribution in [2.75, 3.05) is 36.9 Å². The molecule has 198 valence electrons. The van der Waals surface area contributed by atoms with E-state index in [9.17, 15) is 9.59 Å². The summed E-state index contributed by atoms with van der Waals surface area (Å²) >= 11 is 0. The lowest BCUT2D eigenvalue weighted by Crippen LogP contribution is -2.45. The molecule has 0 bridgehead atoms. The first-order chi connectivity index (χ1) is 18.1. The molecule has 3 fully saturated rings. The summed E-state index contributed by atoms with van der Waals surface area (Å²) in [7, 11) is 0. The van der Waals surface area contributed by atoms with E-state index in [1.807, 2.05) is 0 Å². The van der Waals surface area contributed by atoms with Crippen LogP contribution in [0.4, 0.5) is 11.9 Å². The van der Waals surface area contributed by atoms with Crippen molar-refractivity contribution in [3.8, 4) is 0 Å². The number of piperidine rings is 1. The van der Waals surface area contributed by atoms with Crippen molar-refractivity contribution in [2.45, 2.75) is 82.3 Å². The molecule has 2 amide bonds. The Morgan fingerprint density at radius 1 is 0.973 bits per heavy atom. The molecule has 2 aromatic rings. The summed E-state index contributed by atoms with van der Waals surface area (Å²) in [6.45, 7) is 2.91. The Labute approximate surface area is 216 Å². The molecule has 37 heavy (non-hydrogen) atoms. The third-order valence-corrected chi connectivity index (χ3v) is 7.72. The third-order valence-electron chi connectivity index (χ3n) is 7.72. The molecule has 12 nitrogen and oxygen atoms in total. The number of fused-ring (bicyclic) bond motifs is 1. The van der Waals surface area contributed by atoms with E-state index < -0.39 is 0 Å². The highest BCUT2D eigenvalue weighted by molar-refractivity contribution is 6.40. The van der Waals surface area contributed by atoms with Crippen LogP contribution in [0.5, 0.6) is 0 Å². The van der Waals surface area contributed by atoms with Crippen LogP contribution in [0.3, 0.4) is 0 Å². The summed E-state index contributed by atoms with van der Waals surface area (Å²) in [4.78, 5) is 40.6. The van der Waals surface area contributed by atoms with Gasteiger partial charge in [-0.2, -0.15) is 19.6 Å². The summed E-state index contributed by atoms with van der Waals surface area (Å²) < 4.78 is 1.72. The van der Waals surface area contributed by atoms with Crippen molar-refractivity contribution in [2.24, 2.45) is 4.99 Å². The number of hydrogen-bond acceptors (Lipinski definition) is 9. The van der Waals surface area contributed by atoms with E-state index in [1.54, 1.807) is 10.7 Å². The highest BCUT2D eigenvalue weighted by Crippen LogP contribution is 2.27. The van der Waals surface area contributed by atoms with Gasteiger partial charge in [0.1, 0.15) is 12.4 Å². The van der Waals surface area contributed by atoms with Crippen molar-refractivity contribution in [3.05, 3.63) is 11.8 Å². The second kappa shape index (κ2) is 10.6. The van der Waals surface area contributed by atoms with Crippen molar-refractivity contribution in [1.29, 1.82) is 0 Å². The molecule has 4 aliphatic rings. The SMILES string of the molecule is O=C(CN1CCCCC1)NC1CCC(Nc2nc(NC3CC3)n3ncc(CC4=NCNC4=O)c3n2)CC1. The Bertz CT molecular complexity index is 1180. The minimum Gasteiger partial charge on any atom is -0.352 e. The average molecular weight is 509 g/mol. The van der Waals surface area contributed by atoms with E-state index in [0.29, 0.717) is 48.9 Å². The minimum absolute atomic E-state index is 0.136. The zero-order valence-electron chi connectivity index (χ0n) is 21.2. The lowest BCUT2D eigenvalue weighted by atomic mass is 9.91. The zero-order chi connectivity index (χ0) is 25.2. The van der Waals surface area contributed by atoms with Crippen LogP contribution < -0.4 is 21.3 Å². The number of anilines is 2. The summed E-state index contributed by atoms with van der Waals surface area (Å²) in [6.07, 6.45) is 11.8. The molecule has 4 heterocycles. The Balaban J connectivity index is 1.09. The predicted octanol–water partition coefficient (Wildman–Crippen LogP) is 1.09. The van der Waals surface area contributed by atoms with Gasteiger partial charge in [-0.15, -0.1) is 0 Å². The monoisotopic (exact) mass is 508 g/mol. The number of aliphatic imine (C=N–C) groups is 1. The molecular formula is C25H36N10O2. The predicted molar refractivity (Wildman–Crippen MR) is 140 cm³/mol. The number of hydrogen-bond donors (Lipinski definition) is 4. The maximum Gasteiger partial charge on any atom is 0.267 e. The summed E-state index contributed by atoms with van der Waals surface area (Å²) in [5, 5.41) is 17.5. The molecule has 6 rings (SSSR count). The number of nitrogens with zero attached hydrogens (tertiary/aromatic N) is 6. The number of likely N-dealkylation sites (tertiary alicyclic amines) is 1. The molecule has 2 saturated carbocycles. The lowest BCUT2D eigenvalue weighted by Gasteiger charge is -2.31. The molecule has 0 aromatic carbocycles. The lowest BCUT2D eigenvalue weighted by molar-refractivity contribution is -0.123. The van der Waals surface area contributed by atoms with E-state index in [4.69, 9.17) is 9.97 Å². The van der Waals surface area contributed by atoms with Crippen LogP contribution in [-0.4, -0.2) is 86.4 Å². The summed E-state index contributed by atoms with van der Waals surface area (Å²) in [6, 6.07) is 0.876. The van der Waals surface area contributed by atoms with Gasteiger partial charge in [0.15, 0.2) is 5.65 Å². The quantitative estimate of drug-likeness (QED) is 0.395. The van der Waals surface area contributed by atoms with E-state index in [0.717, 1.165) is 57.2 Å². The normalized spacial score (nSPS) is 24.5. The molecule has 2 aliphatic carbocycles. The Hall–Kier alpha value is -3.28. The molecule has 2 aromatic heterocycles. The highest BCUT2D eigenvalue weighted by atomic mass is 16.2. The van der Waals surface area contributed by atoms with Gasteiger partial charge in [-0.25, -0.2) is 0 Å². The fourth-order valence-corrected chi connectivity index (χ4v) is 5.47. The van der Waals surface area contributed by atoms with Gasteiger partial charge in [-0.1, -0.05) is 6.42 Å². The maximum absolute atomic E-state index is 12.5. The molecule has 0 spiro atoms. The van der Waals surface area contributed by atoms with Gasteiger partial charge >= 0.3 is 0 Å². The van der Waals surface area contributed by atoms with E-state index >= 15 is 0 Å². The van der Waals surface area contributed by atoms with E-state index in [-0.39, 0.29) is 23.9 Å². The van der Waals surface area contributed by atoms with Gasteiger partial charge in [-0.05, 0) is 64.5 Å². The first-order valence-electron chi connectivity index (χ1n) is 13.7. The molecule has 0 radical (unpaired) electrons. The number of carbonyl (C=O) groups is 2. The van der Waals surface area contributed by atoms with Gasteiger partial charge in [0, 0.05) is 30.1 Å². The average Bonchev–Trinajstić information content (AvgIpc) is 3.48. The second-order valence-electron chi connectivity index (χ2n) is 10.7. The standard InChI is InChI=1S/C25H36N10O2/c36-21(14-34-10-2-1-3-11-34)29-17-4-6-18(7-5-17)30-24-32-22-16(12-20-23(37)27-15-26-20)13-28-35(22)25(33-24)31-19-8-9-19/h13,17-19H,1-12,14-15H2,(H,27,37)(H,29,36)(H2,30,31,32,33). The van der Waals surface area contributed by atoms with Gasteiger partial charge in [0.25, 0.3) is 5.91 Å². The molecule has 2 aliphatic heterocycles. The Kier molecular flexibility index (Phi) is 6.90. The van der Waals surface area contributed by atoms with Crippen LogP contribution in [0.15, 0.2) is 11.2 Å². The number of nitrogens with one attached hydrogen (secondary N) is 4. The number of aromatic nitrogens is 4. The molecule has 1 saturated heterocycles. The molecule has 0 atom stereocenters. The summed E-state index contributed by atoms with van der Waals surface area (Å²) in [5.41, 5.74) is 2.03. The molecule has 0 unspecified atom stereocenters. The van der Waals surface area contributed by atoms with Crippen LogP contribution >= 0.6 is 0 Å². The Morgan fingerprint density at radius 2 is 1.70 bits per heavy atom. The van der Waals surface area contributed by atoms with Crippen LogP contribution in [0.25, 0.3) is 5.65 Å². The van der Waals surface area contributed by atoms with Gasteiger partial charge in [-0.3, -0.25) is 19.5 Å². The fourth-order valence-electron chi connectivity index (χ4n) is 5.47. The third kappa shape index (κ3) is 5.84. The fraction of sp³-hybridized carbons (Fsp3) is 0.680. The van der Waals surface area contributed by atoms with Crippen molar-refractivity contribution in [3.63, 3.8) is 0 Å². The van der Waals surface area contributed by atoms with Crippen LogP contribution in [0.1, 0.15) is 63.4 Å². The van der Waals surface area contributed by atoms with E-state index in [1.165, 1.54) is 19.3 Å². The van der Waals surface area contributed by atoms with Gasteiger partial charge < -0.3 is 21.3 Å². The van der Waals surface area contributed by atoms with Crippen molar-refractivity contribution in [1.82, 2.24) is 35.1 Å². The Morgan fingerprint density at radius 3 is 2.43 bits per heavy atom. The highest BCUT2D eigenvalue weighted by Gasteiger charge is 2.27. The minimum atomic E-state index is -0.136. The second-order valence-corrected chi connectivity index (χ2v) is 10.7. The number of amides is 2. The largest absolute Gasteiger partial charge is 0.352 e. The maximum atomic E-state index is 12.5. The van der Waals surface area contributed by atoms with Gasteiger partial charge in [0.05, 0.1) is 12.7 Å². The first-order valence-corrected chi connectivity index (χ1v) is 13.7. The number of rotatable bonds is 9. The zero-order valence-corrected chi connectivity index (χ0v) is 21.2. The molecule has 4 N–H and O–H groups in total. The summed E-state index contributed by atoms with van der Waals surface area (Å²) in [5.74, 6) is 1.24. The van der Waals surface area contributed by atoms with Crippen molar-refractivity contribution < 1.29 is 9.59 Å². The molecule has 12 heteroatoms. The van der Waals surface area contributed by atoms with Crippen molar-refractivity contribution >= 4 is 35.1 Å². The van der Waals surface area contributed by atoms with Crippen LogP contribution in [-0.2, 0) is 16.0 Å². The first kappa shape index (κ1) is 24.1. The van der Waals surface area contributed by atoms with Crippen LogP contribution in [0.2, 0.25) is 0 Å². The van der Waals surface area contributed by atoms with E-state index in [2.05, 4.69) is 36.3 Å². The van der Waals surface area contributed by atoms with Crippen LogP contribution in [0, 0.1) is 0 Å². The smallest absolute Gasteiger partial charge is 0.267 e. The topological polar surface area (TPSA) is 141 Å². The molecular weight excluding hydrogens is 472 g/mol. The number of carbonyl (C=O) groups excluding carboxylic acids is 2. The van der Waals surface area contributed by atoms with Gasteiger partial charge in [0.2, 0.25) is 17.8 Å².